The number of aromatic nitrogens is 2. The number of benzene rings is 2. The molecule has 7 nitrogen and oxygen atoms in total. The molecule has 0 atom stereocenters. The number of rotatable bonds is 8. The fraction of sp³-hybridized carbons (Fsp3) is 0.174. The first-order valence-electron chi connectivity index (χ1n) is 9.30. The van der Waals surface area contributed by atoms with E-state index in [0.717, 1.165) is 11.1 Å². The van der Waals surface area contributed by atoms with Crippen molar-refractivity contribution in [2.75, 3.05) is 19.0 Å². The van der Waals surface area contributed by atoms with Gasteiger partial charge in [0.2, 0.25) is 5.78 Å². The summed E-state index contributed by atoms with van der Waals surface area (Å²) in [5.41, 5.74) is 3.43. The van der Waals surface area contributed by atoms with Gasteiger partial charge in [0.25, 0.3) is 0 Å². The predicted molar refractivity (Wildman–Crippen MR) is 113 cm³/mol. The molecule has 3 aromatic rings. The lowest BCUT2D eigenvalue weighted by Gasteiger charge is -2.13. The van der Waals surface area contributed by atoms with Crippen LogP contribution in [0.2, 0.25) is 0 Å². The summed E-state index contributed by atoms with van der Waals surface area (Å²) < 4.78 is 0. The number of Topliss-reactive ketones (excluding diaryl/α,β-unsaturated/α-hetero) is 2. The van der Waals surface area contributed by atoms with Crippen LogP contribution >= 0.6 is 0 Å². The van der Waals surface area contributed by atoms with Crippen molar-refractivity contribution in [3.05, 3.63) is 77.6 Å². The number of anilines is 1. The number of nitrogens with zero attached hydrogens (tertiary/aromatic N) is 3. The standard InChI is InChI=1S/C23H21N3O4/c1-26(2)22-14-24-13-19(25-22)17-9-16(8-15-6-4-3-5-7-15)10-18(11-17)20(27)12-21(28)23(29)30/h3-7,9-11,13-14H,8,12H2,1-2H3,(H,29,30). The molecule has 0 fully saturated rings. The molecule has 1 N–H and O–H groups in total. The third kappa shape index (κ3) is 5.14. The fourth-order valence-electron chi connectivity index (χ4n) is 2.97. The quantitative estimate of drug-likeness (QED) is 0.350. The zero-order chi connectivity index (χ0) is 21.7. The van der Waals surface area contributed by atoms with Gasteiger partial charge in [-0.1, -0.05) is 30.3 Å². The molecule has 0 amide bonds. The van der Waals surface area contributed by atoms with Gasteiger partial charge in [-0.15, -0.1) is 0 Å². The summed E-state index contributed by atoms with van der Waals surface area (Å²) in [6.07, 6.45) is 3.12. The van der Waals surface area contributed by atoms with Crippen molar-refractivity contribution in [2.45, 2.75) is 12.8 Å². The predicted octanol–water partition coefficient (Wildman–Crippen LogP) is 3.03. The smallest absolute Gasteiger partial charge is 0.372 e. The molecule has 0 aliphatic carbocycles. The Labute approximate surface area is 174 Å². The average Bonchev–Trinajstić information content (AvgIpc) is 2.74. The molecular weight excluding hydrogens is 382 g/mol. The third-order valence-electron chi connectivity index (χ3n) is 4.50. The van der Waals surface area contributed by atoms with E-state index < -0.39 is 24.0 Å². The van der Waals surface area contributed by atoms with E-state index in [9.17, 15) is 14.4 Å². The van der Waals surface area contributed by atoms with E-state index in [-0.39, 0.29) is 5.56 Å². The Hall–Kier alpha value is -3.87. The molecule has 152 valence electrons. The van der Waals surface area contributed by atoms with Crippen molar-refractivity contribution in [3.63, 3.8) is 0 Å². The molecule has 1 heterocycles. The summed E-state index contributed by atoms with van der Waals surface area (Å²) in [7, 11) is 3.71. The highest BCUT2D eigenvalue weighted by atomic mass is 16.4. The molecule has 0 radical (unpaired) electrons. The number of carboxylic acids is 1. The summed E-state index contributed by atoms with van der Waals surface area (Å²) in [4.78, 5) is 45.6. The van der Waals surface area contributed by atoms with Crippen LogP contribution < -0.4 is 4.90 Å². The minimum absolute atomic E-state index is 0.269. The van der Waals surface area contributed by atoms with E-state index in [1.165, 1.54) is 0 Å². The van der Waals surface area contributed by atoms with Crippen molar-refractivity contribution >= 4 is 23.4 Å². The molecule has 0 unspecified atom stereocenters. The summed E-state index contributed by atoms with van der Waals surface area (Å²) in [5.74, 6) is -2.64. The molecule has 0 aliphatic rings. The van der Waals surface area contributed by atoms with E-state index >= 15 is 0 Å². The second-order valence-electron chi connectivity index (χ2n) is 7.07. The molecule has 0 saturated heterocycles. The maximum atomic E-state index is 12.6. The summed E-state index contributed by atoms with van der Waals surface area (Å²) in [5, 5.41) is 8.82. The molecule has 3 rings (SSSR count). The number of carboxylic acid groups (broad SMARTS) is 1. The van der Waals surface area contributed by atoms with Gasteiger partial charge in [0.1, 0.15) is 5.82 Å². The zero-order valence-electron chi connectivity index (χ0n) is 16.7. The molecule has 30 heavy (non-hydrogen) atoms. The largest absolute Gasteiger partial charge is 0.475 e. The highest BCUT2D eigenvalue weighted by molar-refractivity contribution is 6.37. The van der Waals surface area contributed by atoms with Crippen LogP contribution in [0.25, 0.3) is 11.3 Å². The fourth-order valence-corrected chi connectivity index (χ4v) is 2.97. The minimum Gasteiger partial charge on any atom is -0.475 e. The lowest BCUT2D eigenvalue weighted by atomic mass is 9.95. The van der Waals surface area contributed by atoms with Gasteiger partial charge in [0.15, 0.2) is 5.78 Å². The lowest BCUT2D eigenvalue weighted by Crippen LogP contribution is -2.17. The summed E-state index contributed by atoms with van der Waals surface area (Å²) in [6.45, 7) is 0. The number of aliphatic carboxylic acids is 1. The molecule has 1 aromatic heterocycles. The Morgan fingerprint density at radius 1 is 0.967 bits per heavy atom. The molecular formula is C23H21N3O4. The van der Waals surface area contributed by atoms with Crippen LogP contribution in [0, 0.1) is 0 Å². The number of hydrogen-bond donors (Lipinski definition) is 1. The average molecular weight is 403 g/mol. The van der Waals surface area contributed by atoms with Gasteiger partial charge < -0.3 is 10.0 Å². The topological polar surface area (TPSA) is 100 Å². The van der Waals surface area contributed by atoms with Gasteiger partial charge in [-0.25, -0.2) is 9.78 Å². The van der Waals surface area contributed by atoms with Gasteiger partial charge in [0, 0.05) is 25.2 Å². The first-order chi connectivity index (χ1) is 14.3. The van der Waals surface area contributed by atoms with Gasteiger partial charge in [0.05, 0.1) is 24.5 Å². The van der Waals surface area contributed by atoms with E-state index in [0.29, 0.717) is 23.5 Å². The van der Waals surface area contributed by atoms with Crippen LogP contribution in [0.3, 0.4) is 0 Å². The zero-order valence-corrected chi connectivity index (χ0v) is 16.7. The molecule has 0 aliphatic heterocycles. The van der Waals surface area contributed by atoms with Gasteiger partial charge in [-0.3, -0.25) is 14.6 Å². The van der Waals surface area contributed by atoms with E-state index in [4.69, 9.17) is 5.11 Å². The number of hydrogen-bond acceptors (Lipinski definition) is 6. The van der Waals surface area contributed by atoms with Crippen molar-refractivity contribution in [2.24, 2.45) is 0 Å². The van der Waals surface area contributed by atoms with E-state index in [2.05, 4.69) is 9.97 Å². The molecule has 2 aromatic carbocycles. The molecule has 7 heteroatoms. The monoisotopic (exact) mass is 403 g/mol. The molecule has 0 saturated carbocycles. The number of carbonyl (C=O) groups is 3. The van der Waals surface area contributed by atoms with Gasteiger partial charge in [-0.2, -0.15) is 0 Å². The Morgan fingerprint density at radius 2 is 1.70 bits per heavy atom. The van der Waals surface area contributed by atoms with Gasteiger partial charge >= 0.3 is 5.97 Å². The first kappa shape index (κ1) is 20.9. The molecule has 0 bridgehead atoms. The Balaban J connectivity index is 2.03. The minimum atomic E-state index is -1.62. The number of ketones is 2. The Kier molecular flexibility index (Phi) is 6.32. The number of carbonyl (C=O) groups excluding carboxylic acids is 2. The van der Waals surface area contributed by atoms with Gasteiger partial charge in [-0.05, 0) is 35.7 Å². The van der Waals surface area contributed by atoms with Crippen LogP contribution in [0.15, 0.2) is 60.9 Å². The Morgan fingerprint density at radius 3 is 2.37 bits per heavy atom. The summed E-state index contributed by atoms with van der Waals surface area (Å²) >= 11 is 0. The second-order valence-corrected chi connectivity index (χ2v) is 7.07. The van der Waals surface area contributed by atoms with E-state index in [1.54, 1.807) is 24.5 Å². The SMILES string of the molecule is CN(C)c1cncc(-c2cc(Cc3ccccc3)cc(C(=O)CC(=O)C(=O)O)c2)n1. The van der Waals surface area contributed by atoms with E-state index in [1.807, 2.05) is 55.4 Å². The summed E-state index contributed by atoms with van der Waals surface area (Å²) in [6, 6.07) is 15.0. The second kappa shape index (κ2) is 9.09. The molecule has 0 spiro atoms. The van der Waals surface area contributed by atoms with Crippen LogP contribution in [-0.2, 0) is 16.0 Å². The van der Waals surface area contributed by atoms with Crippen molar-refractivity contribution in [1.29, 1.82) is 0 Å². The maximum absolute atomic E-state index is 12.6. The first-order valence-corrected chi connectivity index (χ1v) is 9.30. The normalized spacial score (nSPS) is 10.5. The maximum Gasteiger partial charge on any atom is 0.372 e. The van der Waals surface area contributed by atoms with Crippen molar-refractivity contribution < 1.29 is 19.5 Å². The highest BCUT2D eigenvalue weighted by Gasteiger charge is 2.19. The van der Waals surface area contributed by atoms with Crippen molar-refractivity contribution in [1.82, 2.24) is 9.97 Å². The highest BCUT2D eigenvalue weighted by Crippen LogP contribution is 2.24. The van der Waals surface area contributed by atoms with Crippen LogP contribution in [0.5, 0.6) is 0 Å². The lowest BCUT2D eigenvalue weighted by molar-refractivity contribution is -0.148. The van der Waals surface area contributed by atoms with Crippen molar-refractivity contribution in [3.8, 4) is 11.3 Å². The van der Waals surface area contributed by atoms with Crippen LogP contribution in [-0.4, -0.2) is 46.7 Å². The van der Waals surface area contributed by atoms with Crippen LogP contribution in [0.4, 0.5) is 5.82 Å². The Bertz CT molecular complexity index is 1090. The third-order valence-corrected chi connectivity index (χ3v) is 4.50. The van der Waals surface area contributed by atoms with Crippen LogP contribution in [0.1, 0.15) is 27.9 Å².